The molecule has 7 heteroatoms. The van der Waals surface area contributed by atoms with Gasteiger partial charge in [-0.1, -0.05) is 18.2 Å². The number of methoxy groups -OCH3 is 1. The summed E-state index contributed by atoms with van der Waals surface area (Å²) in [6.45, 7) is 1.83. The zero-order valence-corrected chi connectivity index (χ0v) is 18.0. The fourth-order valence-electron chi connectivity index (χ4n) is 3.79. The molecular weight excluding hydrogens is 417 g/mol. The molecular formula is C24H24FNO4S. The largest absolute Gasteiger partial charge is 0.495 e. The summed E-state index contributed by atoms with van der Waals surface area (Å²) < 4.78 is 51.2. The number of benzene rings is 3. The molecule has 0 fully saturated rings. The fourth-order valence-corrected chi connectivity index (χ4v) is 5.23. The summed E-state index contributed by atoms with van der Waals surface area (Å²) in [4.78, 5) is 0.333. The lowest BCUT2D eigenvalue weighted by molar-refractivity contribution is 0.305. The molecule has 5 nitrogen and oxygen atoms in total. The monoisotopic (exact) mass is 441 g/mol. The van der Waals surface area contributed by atoms with E-state index in [1.54, 1.807) is 30.3 Å². The van der Waals surface area contributed by atoms with Crippen LogP contribution in [0.4, 0.5) is 4.39 Å². The first-order valence-corrected chi connectivity index (χ1v) is 11.6. The summed E-state index contributed by atoms with van der Waals surface area (Å²) in [5.74, 6) is 0.601. The summed E-state index contributed by atoms with van der Waals surface area (Å²) in [6, 6.07) is 15.9. The van der Waals surface area contributed by atoms with Gasteiger partial charge in [0.1, 0.15) is 28.8 Å². The molecule has 1 N–H and O–H groups in total. The average molecular weight is 442 g/mol. The topological polar surface area (TPSA) is 64.6 Å². The van der Waals surface area contributed by atoms with Crippen LogP contribution < -0.4 is 14.8 Å². The van der Waals surface area contributed by atoms with Crippen LogP contribution in [-0.4, -0.2) is 28.6 Å². The SMILES string of the molecule is COc1c(S(=O)(=O)c2ccc(OCc3cccc(F)c3)cc2)ccc2c1CCNCC2. The molecule has 0 spiro atoms. The van der Waals surface area contributed by atoms with Crippen molar-refractivity contribution in [3.8, 4) is 11.5 Å². The van der Waals surface area contributed by atoms with Crippen molar-refractivity contribution in [2.24, 2.45) is 0 Å². The summed E-state index contributed by atoms with van der Waals surface area (Å²) in [5, 5.41) is 3.33. The maximum Gasteiger partial charge on any atom is 0.210 e. The Bertz CT molecular complexity index is 1180. The molecule has 0 aromatic heterocycles. The van der Waals surface area contributed by atoms with E-state index in [0.717, 1.165) is 30.6 Å². The molecule has 1 aliphatic rings. The third-order valence-electron chi connectivity index (χ3n) is 5.37. The number of nitrogens with one attached hydrogen (secondary N) is 1. The van der Waals surface area contributed by atoms with E-state index in [1.807, 2.05) is 6.07 Å². The van der Waals surface area contributed by atoms with Crippen LogP contribution in [0.5, 0.6) is 11.5 Å². The number of fused-ring (bicyclic) bond motifs is 1. The van der Waals surface area contributed by atoms with Crippen LogP contribution in [0, 0.1) is 5.82 Å². The number of rotatable bonds is 6. The Morgan fingerprint density at radius 3 is 2.52 bits per heavy atom. The first-order chi connectivity index (χ1) is 15.0. The highest BCUT2D eigenvalue weighted by Crippen LogP contribution is 2.35. The van der Waals surface area contributed by atoms with Crippen LogP contribution in [-0.2, 0) is 29.3 Å². The molecule has 4 rings (SSSR count). The van der Waals surface area contributed by atoms with Crippen molar-refractivity contribution in [3.63, 3.8) is 0 Å². The van der Waals surface area contributed by atoms with Crippen molar-refractivity contribution in [2.75, 3.05) is 20.2 Å². The molecule has 3 aromatic rings. The molecule has 0 aliphatic carbocycles. The van der Waals surface area contributed by atoms with Gasteiger partial charge in [0.25, 0.3) is 0 Å². The zero-order valence-electron chi connectivity index (χ0n) is 17.2. The van der Waals surface area contributed by atoms with Crippen molar-refractivity contribution >= 4 is 9.84 Å². The highest BCUT2D eigenvalue weighted by atomic mass is 32.2. The predicted molar refractivity (Wildman–Crippen MR) is 116 cm³/mol. The number of sulfone groups is 1. The first-order valence-electron chi connectivity index (χ1n) is 10.1. The smallest absolute Gasteiger partial charge is 0.210 e. The third kappa shape index (κ3) is 4.57. The molecule has 0 amide bonds. The van der Waals surface area contributed by atoms with Crippen LogP contribution in [0.2, 0.25) is 0 Å². The zero-order chi connectivity index (χ0) is 21.8. The molecule has 0 bridgehead atoms. The summed E-state index contributed by atoms with van der Waals surface area (Å²) in [7, 11) is -2.26. The standard InChI is InChI=1S/C24H24FNO4S/c1-29-24-22-12-14-26-13-11-18(22)5-10-23(24)31(27,28)21-8-6-20(7-9-21)30-16-17-3-2-4-19(25)15-17/h2-10,15,26H,11-14,16H2,1H3. The van der Waals surface area contributed by atoms with E-state index in [1.165, 1.54) is 31.4 Å². The van der Waals surface area contributed by atoms with E-state index in [0.29, 0.717) is 23.5 Å². The summed E-state index contributed by atoms with van der Waals surface area (Å²) in [6.07, 6.45) is 1.55. The van der Waals surface area contributed by atoms with Gasteiger partial charge in [0.2, 0.25) is 9.84 Å². The normalized spacial score (nSPS) is 13.9. The minimum Gasteiger partial charge on any atom is -0.495 e. The number of halogens is 1. The van der Waals surface area contributed by atoms with Crippen LogP contribution in [0.25, 0.3) is 0 Å². The Kier molecular flexibility index (Phi) is 6.25. The molecule has 0 saturated carbocycles. The van der Waals surface area contributed by atoms with Gasteiger partial charge in [-0.15, -0.1) is 0 Å². The Labute approximate surface area is 181 Å². The van der Waals surface area contributed by atoms with E-state index < -0.39 is 9.84 Å². The Balaban J connectivity index is 1.58. The van der Waals surface area contributed by atoms with Gasteiger partial charge in [0.05, 0.1) is 12.0 Å². The second-order valence-electron chi connectivity index (χ2n) is 7.38. The summed E-state index contributed by atoms with van der Waals surface area (Å²) in [5.41, 5.74) is 2.76. The maximum absolute atomic E-state index is 13.3. The highest BCUT2D eigenvalue weighted by molar-refractivity contribution is 7.91. The molecule has 3 aromatic carbocycles. The molecule has 162 valence electrons. The predicted octanol–water partition coefficient (Wildman–Crippen LogP) is 3.93. The van der Waals surface area contributed by atoms with Crippen molar-refractivity contribution in [1.82, 2.24) is 5.32 Å². The van der Waals surface area contributed by atoms with E-state index in [4.69, 9.17) is 9.47 Å². The Morgan fingerprint density at radius 2 is 1.77 bits per heavy atom. The number of ether oxygens (including phenoxy) is 2. The Hall–Kier alpha value is -2.90. The molecule has 0 unspecified atom stereocenters. The Morgan fingerprint density at radius 1 is 1.00 bits per heavy atom. The lowest BCUT2D eigenvalue weighted by Gasteiger charge is -2.16. The van der Waals surface area contributed by atoms with E-state index in [9.17, 15) is 12.8 Å². The first kappa shape index (κ1) is 21.3. The molecule has 0 radical (unpaired) electrons. The van der Waals surface area contributed by atoms with Crippen LogP contribution >= 0.6 is 0 Å². The van der Waals surface area contributed by atoms with Crippen molar-refractivity contribution < 1.29 is 22.3 Å². The molecule has 1 heterocycles. The van der Waals surface area contributed by atoms with Crippen LogP contribution in [0.15, 0.2) is 70.5 Å². The van der Waals surface area contributed by atoms with Crippen molar-refractivity contribution in [3.05, 3.63) is 83.2 Å². The fraction of sp³-hybridized carbons (Fsp3) is 0.250. The van der Waals surface area contributed by atoms with Crippen LogP contribution in [0.3, 0.4) is 0 Å². The van der Waals surface area contributed by atoms with Gasteiger partial charge in [-0.3, -0.25) is 0 Å². The van der Waals surface area contributed by atoms with E-state index >= 15 is 0 Å². The van der Waals surface area contributed by atoms with Crippen molar-refractivity contribution in [2.45, 2.75) is 29.2 Å². The third-order valence-corrected chi connectivity index (χ3v) is 7.16. The van der Waals surface area contributed by atoms with Gasteiger partial charge in [-0.25, -0.2) is 12.8 Å². The second-order valence-corrected chi connectivity index (χ2v) is 9.30. The summed E-state index contributed by atoms with van der Waals surface area (Å²) >= 11 is 0. The minimum absolute atomic E-state index is 0.163. The lowest BCUT2D eigenvalue weighted by Crippen LogP contribution is -2.16. The van der Waals surface area contributed by atoms with Crippen LogP contribution in [0.1, 0.15) is 16.7 Å². The van der Waals surface area contributed by atoms with Crippen molar-refractivity contribution in [1.29, 1.82) is 0 Å². The minimum atomic E-state index is -3.77. The van der Waals surface area contributed by atoms with Gasteiger partial charge in [0, 0.05) is 0 Å². The maximum atomic E-state index is 13.3. The van der Waals surface area contributed by atoms with E-state index in [2.05, 4.69) is 5.32 Å². The second kappa shape index (κ2) is 9.08. The van der Waals surface area contributed by atoms with Gasteiger partial charge in [0.15, 0.2) is 0 Å². The quantitative estimate of drug-likeness (QED) is 0.628. The van der Waals surface area contributed by atoms with Gasteiger partial charge in [-0.2, -0.15) is 0 Å². The van der Waals surface area contributed by atoms with Gasteiger partial charge < -0.3 is 14.8 Å². The van der Waals surface area contributed by atoms with Gasteiger partial charge in [-0.05, 0) is 85.1 Å². The molecule has 0 atom stereocenters. The molecule has 31 heavy (non-hydrogen) atoms. The van der Waals surface area contributed by atoms with Gasteiger partial charge >= 0.3 is 0 Å². The highest BCUT2D eigenvalue weighted by Gasteiger charge is 2.26. The number of hydrogen-bond acceptors (Lipinski definition) is 5. The number of hydrogen-bond donors (Lipinski definition) is 1. The molecule has 1 aliphatic heterocycles. The molecule has 0 saturated heterocycles. The average Bonchev–Trinajstić information content (AvgIpc) is 3.03. The van der Waals surface area contributed by atoms with E-state index in [-0.39, 0.29) is 22.2 Å². The lowest BCUT2D eigenvalue weighted by atomic mass is 10.0.